The lowest BCUT2D eigenvalue weighted by Gasteiger charge is -2.30. The van der Waals surface area contributed by atoms with E-state index >= 15 is 0 Å². The number of hydrogen-bond acceptors (Lipinski definition) is 4. The third kappa shape index (κ3) is 4.22. The first kappa shape index (κ1) is 15.9. The zero-order valence-corrected chi connectivity index (χ0v) is 12.9. The molecule has 1 aromatic rings. The lowest BCUT2D eigenvalue weighted by atomic mass is 9.93. The van der Waals surface area contributed by atoms with Crippen LogP contribution in [0.2, 0.25) is 0 Å². The first-order valence-corrected chi connectivity index (χ1v) is 7.47. The maximum Gasteiger partial charge on any atom is 0.161 e. The number of ether oxygens (including phenoxy) is 2. The van der Waals surface area contributed by atoms with E-state index in [0.29, 0.717) is 19.8 Å². The van der Waals surface area contributed by atoms with Gasteiger partial charge in [-0.3, -0.25) is 0 Å². The monoisotopic (exact) mass is 291 g/mol. The minimum absolute atomic E-state index is 0.245. The molecule has 21 heavy (non-hydrogen) atoms. The zero-order valence-electron chi connectivity index (χ0n) is 12.9. The fraction of sp³-hybridized carbons (Fsp3) is 0.529. The predicted octanol–water partition coefficient (Wildman–Crippen LogP) is 2.61. The summed E-state index contributed by atoms with van der Waals surface area (Å²) in [6.45, 7) is 9.60. The minimum Gasteiger partial charge on any atom is -0.486 e. The van der Waals surface area contributed by atoms with Crippen LogP contribution in [0.25, 0.3) is 0 Å². The smallest absolute Gasteiger partial charge is 0.161 e. The number of fused-ring (bicyclic) bond motifs is 1. The molecule has 1 aliphatic heterocycles. The molecule has 4 nitrogen and oxygen atoms in total. The molecule has 4 heteroatoms. The second-order valence-corrected chi connectivity index (χ2v) is 5.88. The second-order valence-electron chi connectivity index (χ2n) is 5.88. The molecule has 0 amide bonds. The van der Waals surface area contributed by atoms with Gasteiger partial charge >= 0.3 is 0 Å². The summed E-state index contributed by atoms with van der Waals surface area (Å²) in [5, 5.41) is 13.3. The van der Waals surface area contributed by atoms with Crippen molar-refractivity contribution in [2.75, 3.05) is 19.8 Å². The molecule has 116 valence electrons. The number of hydrogen-bond donors (Lipinski definition) is 2. The fourth-order valence-corrected chi connectivity index (χ4v) is 2.32. The van der Waals surface area contributed by atoms with Gasteiger partial charge in [-0.2, -0.15) is 0 Å². The standard InChI is InChI=1S/C17H25NO3/c1-4-5-6-14(19)12-18-17(2,3)13-7-8-15-16(11-13)21-10-9-20-15/h4,7-8,11,14,18-19H,1,5-6,9-10,12H2,2-3H3. The molecule has 1 heterocycles. The first-order valence-electron chi connectivity index (χ1n) is 7.47. The average molecular weight is 291 g/mol. The quantitative estimate of drug-likeness (QED) is 0.758. The van der Waals surface area contributed by atoms with E-state index in [1.807, 2.05) is 24.3 Å². The van der Waals surface area contributed by atoms with Gasteiger partial charge in [-0.25, -0.2) is 0 Å². The highest BCUT2D eigenvalue weighted by Gasteiger charge is 2.23. The van der Waals surface area contributed by atoms with Crippen LogP contribution in [0.4, 0.5) is 0 Å². The summed E-state index contributed by atoms with van der Waals surface area (Å²) in [6.07, 6.45) is 3.02. The number of rotatable bonds is 7. The van der Waals surface area contributed by atoms with E-state index in [4.69, 9.17) is 9.47 Å². The molecule has 1 aliphatic rings. The Hall–Kier alpha value is -1.52. The topological polar surface area (TPSA) is 50.7 Å². The lowest BCUT2D eigenvalue weighted by Crippen LogP contribution is -2.41. The molecular weight excluding hydrogens is 266 g/mol. The number of benzene rings is 1. The fourth-order valence-electron chi connectivity index (χ4n) is 2.32. The van der Waals surface area contributed by atoms with Crippen molar-refractivity contribution in [1.82, 2.24) is 5.32 Å². The molecule has 0 saturated carbocycles. The molecule has 1 atom stereocenters. The van der Waals surface area contributed by atoms with Gasteiger partial charge in [0, 0.05) is 12.1 Å². The van der Waals surface area contributed by atoms with Crippen LogP contribution >= 0.6 is 0 Å². The average Bonchev–Trinajstić information content (AvgIpc) is 2.50. The molecule has 0 bridgehead atoms. The van der Waals surface area contributed by atoms with Crippen LogP contribution in [-0.4, -0.2) is 31.0 Å². The molecule has 0 fully saturated rings. The number of aliphatic hydroxyl groups is 1. The van der Waals surface area contributed by atoms with E-state index in [9.17, 15) is 5.11 Å². The molecule has 0 spiro atoms. The van der Waals surface area contributed by atoms with Crippen LogP contribution in [0.1, 0.15) is 32.3 Å². The van der Waals surface area contributed by atoms with Gasteiger partial charge in [0.15, 0.2) is 11.5 Å². The minimum atomic E-state index is -0.362. The van der Waals surface area contributed by atoms with Crippen molar-refractivity contribution in [3.8, 4) is 11.5 Å². The molecule has 0 radical (unpaired) electrons. The Kier molecular flexibility index (Phi) is 5.26. The molecule has 0 aromatic heterocycles. The first-order chi connectivity index (χ1) is 10.0. The lowest BCUT2D eigenvalue weighted by molar-refractivity contribution is 0.150. The summed E-state index contributed by atoms with van der Waals surface area (Å²) in [5.74, 6) is 1.59. The van der Waals surface area contributed by atoms with E-state index in [2.05, 4.69) is 25.7 Å². The van der Waals surface area contributed by atoms with Gasteiger partial charge in [-0.1, -0.05) is 12.1 Å². The predicted molar refractivity (Wildman–Crippen MR) is 83.9 cm³/mol. The van der Waals surface area contributed by atoms with Crippen molar-refractivity contribution in [1.29, 1.82) is 0 Å². The van der Waals surface area contributed by atoms with Gasteiger partial charge in [-0.05, 0) is 44.4 Å². The van der Waals surface area contributed by atoms with Gasteiger partial charge in [0.25, 0.3) is 0 Å². The Balaban J connectivity index is 1.99. The van der Waals surface area contributed by atoms with Gasteiger partial charge in [0.1, 0.15) is 13.2 Å². The van der Waals surface area contributed by atoms with Crippen LogP contribution < -0.4 is 14.8 Å². The normalized spacial score (nSPS) is 15.6. The molecule has 1 aromatic carbocycles. The molecule has 2 N–H and O–H groups in total. The Bertz CT molecular complexity index is 485. The highest BCUT2D eigenvalue weighted by atomic mass is 16.6. The summed E-state index contributed by atoms with van der Waals surface area (Å²) < 4.78 is 11.2. The maximum absolute atomic E-state index is 9.93. The Morgan fingerprint density at radius 2 is 2.05 bits per heavy atom. The summed E-state index contributed by atoms with van der Waals surface area (Å²) in [7, 11) is 0. The molecule has 2 rings (SSSR count). The van der Waals surface area contributed by atoms with E-state index in [-0.39, 0.29) is 11.6 Å². The van der Waals surface area contributed by atoms with Crippen molar-refractivity contribution in [3.05, 3.63) is 36.4 Å². The number of nitrogens with one attached hydrogen (secondary N) is 1. The molecule has 0 saturated heterocycles. The van der Waals surface area contributed by atoms with Gasteiger partial charge in [0.05, 0.1) is 6.10 Å². The summed E-state index contributed by atoms with van der Waals surface area (Å²) in [6, 6.07) is 6.00. The zero-order chi connectivity index (χ0) is 15.3. The maximum atomic E-state index is 9.93. The Labute approximate surface area is 126 Å². The van der Waals surface area contributed by atoms with E-state index in [1.165, 1.54) is 0 Å². The molecular formula is C17H25NO3. The van der Waals surface area contributed by atoms with E-state index in [0.717, 1.165) is 29.9 Å². The highest BCUT2D eigenvalue weighted by Crippen LogP contribution is 2.34. The number of allylic oxidation sites excluding steroid dienone is 1. The van der Waals surface area contributed by atoms with Crippen molar-refractivity contribution in [2.24, 2.45) is 0 Å². The Morgan fingerprint density at radius 3 is 2.76 bits per heavy atom. The van der Waals surface area contributed by atoms with Crippen LogP contribution in [0.15, 0.2) is 30.9 Å². The van der Waals surface area contributed by atoms with Crippen LogP contribution in [0.5, 0.6) is 11.5 Å². The van der Waals surface area contributed by atoms with E-state index < -0.39 is 0 Å². The Morgan fingerprint density at radius 1 is 1.33 bits per heavy atom. The third-order valence-electron chi connectivity index (χ3n) is 3.75. The second kappa shape index (κ2) is 6.96. The summed E-state index contributed by atoms with van der Waals surface area (Å²) in [4.78, 5) is 0. The highest BCUT2D eigenvalue weighted by molar-refractivity contribution is 5.45. The molecule has 0 aliphatic carbocycles. The van der Waals surface area contributed by atoms with Gasteiger partial charge in [0.2, 0.25) is 0 Å². The van der Waals surface area contributed by atoms with Crippen LogP contribution in [0.3, 0.4) is 0 Å². The van der Waals surface area contributed by atoms with Crippen molar-refractivity contribution in [2.45, 2.75) is 38.3 Å². The van der Waals surface area contributed by atoms with Crippen molar-refractivity contribution in [3.63, 3.8) is 0 Å². The van der Waals surface area contributed by atoms with Crippen LogP contribution in [0, 0.1) is 0 Å². The summed E-state index contributed by atoms with van der Waals surface area (Å²) in [5.41, 5.74) is 0.869. The van der Waals surface area contributed by atoms with E-state index in [1.54, 1.807) is 0 Å². The largest absolute Gasteiger partial charge is 0.486 e. The SMILES string of the molecule is C=CCCC(O)CNC(C)(C)c1ccc2c(c1)OCCO2. The third-order valence-corrected chi connectivity index (χ3v) is 3.75. The van der Waals surface area contributed by atoms with Gasteiger partial charge < -0.3 is 19.9 Å². The van der Waals surface area contributed by atoms with Crippen molar-refractivity contribution >= 4 is 0 Å². The van der Waals surface area contributed by atoms with Gasteiger partial charge in [-0.15, -0.1) is 6.58 Å². The molecule has 1 unspecified atom stereocenters. The summed E-state index contributed by atoms with van der Waals surface area (Å²) >= 11 is 0. The number of aliphatic hydroxyl groups excluding tert-OH is 1. The van der Waals surface area contributed by atoms with Crippen LogP contribution in [-0.2, 0) is 5.54 Å². The van der Waals surface area contributed by atoms with Crippen molar-refractivity contribution < 1.29 is 14.6 Å².